The number of halogens is 3. The molecule has 2 bridgehead atoms. The van der Waals surface area contributed by atoms with Crippen LogP contribution in [-0.4, -0.2) is 49.6 Å². The molecule has 3 aliphatic carbocycles. The fourth-order valence-electron chi connectivity index (χ4n) is 4.12. The summed E-state index contributed by atoms with van der Waals surface area (Å²) in [4.78, 5) is 22.4. The van der Waals surface area contributed by atoms with Gasteiger partial charge in [-0.25, -0.2) is 0 Å². The van der Waals surface area contributed by atoms with Crippen molar-refractivity contribution in [2.75, 3.05) is 6.61 Å². The maximum absolute atomic E-state index is 12.0. The number of ether oxygens (including phenoxy) is 2. The number of carbonyl (C=O) groups is 2. The van der Waals surface area contributed by atoms with Crippen molar-refractivity contribution in [1.29, 1.82) is 0 Å². The summed E-state index contributed by atoms with van der Waals surface area (Å²) in [6, 6.07) is 0.302. The molecule has 0 aromatic carbocycles. The maximum Gasteiger partial charge on any atom is 0.522 e. The lowest BCUT2D eigenvalue weighted by molar-refractivity contribution is -0.357. The molecule has 6 nitrogen and oxygen atoms in total. The lowest BCUT2D eigenvalue weighted by Crippen LogP contribution is -2.46. The zero-order valence-corrected chi connectivity index (χ0v) is 13.1. The summed E-state index contributed by atoms with van der Waals surface area (Å²) in [7, 11) is 0. The average Bonchev–Trinajstić information content (AvgIpc) is 3.00. The van der Waals surface area contributed by atoms with Crippen LogP contribution in [0.5, 0.6) is 0 Å². The molecule has 3 aliphatic rings. The number of carbonyl (C=O) groups excluding carboxylic acids is 2. The van der Waals surface area contributed by atoms with E-state index in [2.05, 4.69) is 15.4 Å². The number of alkyl halides is 3. The molecule has 3 saturated carbocycles. The molecule has 3 rings (SSSR count). The lowest BCUT2D eigenvalue weighted by Gasteiger charge is -2.35. The summed E-state index contributed by atoms with van der Waals surface area (Å²) in [5.41, 5.74) is 0. The quantitative estimate of drug-likeness (QED) is 0.674. The Kier molecular flexibility index (Phi) is 5.00. The Morgan fingerprint density at radius 2 is 1.71 bits per heavy atom. The van der Waals surface area contributed by atoms with Crippen LogP contribution in [0.4, 0.5) is 13.2 Å². The predicted octanol–water partition coefficient (Wildman–Crippen LogP) is 1.10. The lowest BCUT2D eigenvalue weighted by atomic mass is 9.91. The molecule has 24 heavy (non-hydrogen) atoms. The van der Waals surface area contributed by atoms with Crippen molar-refractivity contribution in [1.82, 2.24) is 10.6 Å². The standard InChI is InChI=1S/C15H21F3N2O4/c16-15(17,18)24-11-4-10(5-11)23-6-14(22)20-13-3-8-1-9(13)2-12(8)19-7-21/h7-13H,1-6H2,(H,19,21)(H,20,22)/t8?,9-,10?,11?,12?,13?/m0/s1. The molecule has 3 unspecified atom stereocenters. The van der Waals surface area contributed by atoms with Gasteiger partial charge in [-0.1, -0.05) is 0 Å². The first kappa shape index (κ1) is 17.5. The van der Waals surface area contributed by atoms with E-state index in [0.29, 0.717) is 11.8 Å². The van der Waals surface area contributed by atoms with Gasteiger partial charge < -0.3 is 15.4 Å². The minimum Gasteiger partial charge on any atom is -0.368 e. The van der Waals surface area contributed by atoms with Crippen LogP contribution in [-0.2, 0) is 19.1 Å². The first-order valence-corrected chi connectivity index (χ1v) is 8.19. The molecule has 0 saturated heterocycles. The second-order valence-electron chi connectivity index (χ2n) is 6.88. The Hall–Kier alpha value is -1.35. The van der Waals surface area contributed by atoms with Gasteiger partial charge in [0, 0.05) is 24.9 Å². The monoisotopic (exact) mass is 350 g/mol. The number of hydrogen-bond acceptors (Lipinski definition) is 4. The van der Waals surface area contributed by atoms with Gasteiger partial charge in [0.15, 0.2) is 0 Å². The van der Waals surface area contributed by atoms with Crippen molar-refractivity contribution in [3.63, 3.8) is 0 Å². The van der Waals surface area contributed by atoms with Crippen LogP contribution < -0.4 is 10.6 Å². The van der Waals surface area contributed by atoms with Gasteiger partial charge in [0.05, 0.1) is 12.2 Å². The second-order valence-corrected chi connectivity index (χ2v) is 6.88. The van der Waals surface area contributed by atoms with E-state index in [1.54, 1.807) is 0 Å². The summed E-state index contributed by atoms with van der Waals surface area (Å²) in [6.45, 7) is -0.146. The van der Waals surface area contributed by atoms with Crippen molar-refractivity contribution in [2.24, 2.45) is 11.8 Å². The molecule has 2 amide bonds. The predicted molar refractivity (Wildman–Crippen MR) is 75.7 cm³/mol. The van der Waals surface area contributed by atoms with Gasteiger partial charge >= 0.3 is 6.36 Å². The van der Waals surface area contributed by atoms with Crippen LogP contribution in [0.25, 0.3) is 0 Å². The molecule has 3 fully saturated rings. The Labute approximate surface area is 137 Å². The average molecular weight is 350 g/mol. The zero-order valence-electron chi connectivity index (χ0n) is 13.1. The van der Waals surface area contributed by atoms with Gasteiger partial charge in [-0.15, -0.1) is 13.2 Å². The van der Waals surface area contributed by atoms with Crippen molar-refractivity contribution in [3.8, 4) is 0 Å². The molecule has 0 radical (unpaired) electrons. The van der Waals surface area contributed by atoms with Gasteiger partial charge in [0.25, 0.3) is 0 Å². The van der Waals surface area contributed by atoms with Crippen LogP contribution >= 0.6 is 0 Å². The number of rotatable bonds is 7. The van der Waals surface area contributed by atoms with E-state index in [1.165, 1.54) is 0 Å². The SMILES string of the molecule is O=CNC1C[C@@H]2CC1CC2NC(=O)COC1CC(OC(F)(F)F)C1. The number of amides is 2. The smallest absolute Gasteiger partial charge is 0.368 e. The van der Waals surface area contributed by atoms with E-state index in [-0.39, 0.29) is 43.5 Å². The van der Waals surface area contributed by atoms with Crippen LogP contribution in [0.15, 0.2) is 0 Å². The molecule has 136 valence electrons. The zero-order chi connectivity index (χ0) is 17.3. The third-order valence-corrected chi connectivity index (χ3v) is 5.29. The minimum atomic E-state index is -4.62. The van der Waals surface area contributed by atoms with Gasteiger partial charge in [0.1, 0.15) is 6.61 Å². The largest absolute Gasteiger partial charge is 0.522 e. The first-order chi connectivity index (χ1) is 11.3. The van der Waals surface area contributed by atoms with Crippen LogP contribution in [0.3, 0.4) is 0 Å². The molecule has 0 aromatic heterocycles. The van der Waals surface area contributed by atoms with Crippen molar-refractivity contribution in [3.05, 3.63) is 0 Å². The summed E-state index contributed by atoms with van der Waals surface area (Å²) in [5.74, 6) is 0.524. The number of fused-ring (bicyclic) bond motifs is 2. The topological polar surface area (TPSA) is 76.7 Å². The van der Waals surface area contributed by atoms with Gasteiger partial charge in [0.2, 0.25) is 12.3 Å². The van der Waals surface area contributed by atoms with E-state index in [4.69, 9.17) is 4.74 Å². The highest BCUT2D eigenvalue weighted by atomic mass is 19.4. The van der Waals surface area contributed by atoms with Crippen LogP contribution in [0.2, 0.25) is 0 Å². The maximum atomic E-state index is 12.0. The highest BCUT2D eigenvalue weighted by molar-refractivity contribution is 5.77. The van der Waals surface area contributed by atoms with Crippen LogP contribution in [0.1, 0.15) is 32.1 Å². The molecule has 9 heteroatoms. The van der Waals surface area contributed by atoms with Crippen molar-refractivity contribution in [2.45, 2.75) is 62.8 Å². The molecule has 2 N–H and O–H groups in total. The van der Waals surface area contributed by atoms with E-state index >= 15 is 0 Å². The highest BCUT2D eigenvalue weighted by Crippen LogP contribution is 2.44. The molecule has 4 atom stereocenters. The van der Waals surface area contributed by atoms with E-state index in [0.717, 1.165) is 25.7 Å². The van der Waals surface area contributed by atoms with Crippen LogP contribution in [0, 0.1) is 11.8 Å². The molecule has 0 aliphatic heterocycles. The molecule has 0 spiro atoms. The van der Waals surface area contributed by atoms with Crippen molar-refractivity contribution >= 4 is 12.3 Å². The van der Waals surface area contributed by atoms with E-state index in [9.17, 15) is 22.8 Å². The third kappa shape index (κ3) is 4.18. The molecular formula is C15H21F3N2O4. The Bertz CT molecular complexity index is 482. The first-order valence-electron chi connectivity index (χ1n) is 8.19. The van der Waals surface area contributed by atoms with Gasteiger partial charge in [-0.3, -0.25) is 14.3 Å². The fraction of sp³-hybridized carbons (Fsp3) is 0.867. The summed E-state index contributed by atoms with van der Waals surface area (Å²) >= 11 is 0. The Morgan fingerprint density at radius 1 is 1.04 bits per heavy atom. The number of hydrogen-bond donors (Lipinski definition) is 2. The highest BCUT2D eigenvalue weighted by Gasteiger charge is 2.46. The Morgan fingerprint density at radius 3 is 2.29 bits per heavy atom. The number of nitrogens with one attached hydrogen (secondary N) is 2. The minimum absolute atomic E-state index is 0.0958. The normalized spacial score (nSPS) is 37.8. The molecule has 0 heterocycles. The Balaban J connectivity index is 1.30. The van der Waals surface area contributed by atoms with E-state index < -0.39 is 12.5 Å². The molecule has 0 aromatic rings. The third-order valence-electron chi connectivity index (χ3n) is 5.29. The molecular weight excluding hydrogens is 329 g/mol. The summed E-state index contributed by atoms with van der Waals surface area (Å²) in [5, 5.41) is 5.75. The van der Waals surface area contributed by atoms with Crippen molar-refractivity contribution < 1.29 is 32.2 Å². The van der Waals surface area contributed by atoms with Gasteiger partial charge in [-0.05, 0) is 31.1 Å². The van der Waals surface area contributed by atoms with E-state index in [1.807, 2.05) is 0 Å². The van der Waals surface area contributed by atoms with Gasteiger partial charge in [-0.2, -0.15) is 0 Å². The fourth-order valence-corrected chi connectivity index (χ4v) is 4.12. The second kappa shape index (κ2) is 6.87. The summed E-state index contributed by atoms with van der Waals surface area (Å²) < 4.78 is 45.2. The summed E-state index contributed by atoms with van der Waals surface area (Å²) in [6.07, 6.45) is -2.11.